The van der Waals surface area contributed by atoms with E-state index < -0.39 is 17.4 Å². The maximum atomic E-state index is 13.8. The summed E-state index contributed by atoms with van der Waals surface area (Å²) in [5.41, 5.74) is 0.939. The second-order valence-corrected chi connectivity index (χ2v) is 6.56. The molecule has 0 atom stereocenters. The van der Waals surface area contributed by atoms with Crippen LogP contribution in [-0.2, 0) is 22.6 Å². The fourth-order valence-electron chi connectivity index (χ4n) is 3.33. The van der Waals surface area contributed by atoms with E-state index >= 15 is 0 Å². The van der Waals surface area contributed by atoms with E-state index in [1.807, 2.05) is 30.3 Å². The summed E-state index contributed by atoms with van der Waals surface area (Å²) in [5, 5.41) is 2.61. The van der Waals surface area contributed by atoms with Crippen LogP contribution >= 0.6 is 0 Å². The van der Waals surface area contributed by atoms with Crippen molar-refractivity contribution in [3.63, 3.8) is 0 Å². The predicted octanol–water partition coefficient (Wildman–Crippen LogP) is 4.38. The first kappa shape index (κ1) is 18.7. The topological polar surface area (TPSA) is 65.7 Å². The average Bonchev–Trinajstić information content (AvgIpc) is 2.71. The molecule has 0 amide bonds. The van der Waals surface area contributed by atoms with Crippen LogP contribution in [0.25, 0.3) is 21.7 Å². The third kappa shape index (κ3) is 3.82. The number of fused-ring (bicyclic) bond motifs is 3. The van der Waals surface area contributed by atoms with Crippen LogP contribution < -0.4 is 10.4 Å². The molecule has 0 unspecified atom stereocenters. The number of halogens is 1. The lowest BCUT2D eigenvalue weighted by atomic mass is 10.0. The number of esters is 1. The van der Waals surface area contributed by atoms with Crippen molar-refractivity contribution in [3.05, 3.63) is 88.0 Å². The third-order valence-electron chi connectivity index (χ3n) is 4.67. The average molecular weight is 392 g/mol. The molecule has 4 rings (SSSR count). The van der Waals surface area contributed by atoms with Gasteiger partial charge >= 0.3 is 11.6 Å². The molecule has 0 saturated heterocycles. The molecule has 0 N–H and O–H groups in total. The highest BCUT2D eigenvalue weighted by molar-refractivity contribution is 6.07. The molecule has 0 aliphatic heterocycles. The molecule has 1 aromatic heterocycles. The molecule has 4 aromatic rings. The Bertz CT molecular complexity index is 1280. The Labute approximate surface area is 165 Å². The van der Waals surface area contributed by atoms with Crippen molar-refractivity contribution in [2.75, 3.05) is 7.11 Å². The quantitative estimate of drug-likeness (QED) is 0.286. The van der Waals surface area contributed by atoms with Gasteiger partial charge in [-0.1, -0.05) is 36.4 Å². The molecule has 6 heteroatoms. The maximum Gasteiger partial charge on any atom is 0.336 e. The molecule has 5 nitrogen and oxygen atoms in total. The van der Waals surface area contributed by atoms with Crippen molar-refractivity contribution in [2.45, 2.75) is 13.0 Å². The molecule has 0 bridgehead atoms. The van der Waals surface area contributed by atoms with Crippen molar-refractivity contribution in [1.82, 2.24) is 0 Å². The van der Waals surface area contributed by atoms with Crippen molar-refractivity contribution < 1.29 is 23.1 Å². The second-order valence-electron chi connectivity index (χ2n) is 6.56. The maximum absolute atomic E-state index is 13.8. The first-order chi connectivity index (χ1) is 14.0. The summed E-state index contributed by atoms with van der Waals surface area (Å²) in [7, 11) is 1.37. The number of hydrogen-bond acceptors (Lipinski definition) is 5. The monoisotopic (exact) mass is 392 g/mol. The van der Waals surface area contributed by atoms with Gasteiger partial charge in [-0.05, 0) is 34.5 Å². The molecule has 0 spiro atoms. The minimum Gasteiger partial charge on any atom is -0.494 e. The minimum absolute atomic E-state index is 0.0897. The van der Waals surface area contributed by atoms with Gasteiger partial charge in [-0.25, -0.2) is 9.18 Å². The van der Waals surface area contributed by atoms with Crippen molar-refractivity contribution in [2.24, 2.45) is 0 Å². The fourth-order valence-corrected chi connectivity index (χ4v) is 3.33. The number of ether oxygens (including phenoxy) is 2. The smallest absolute Gasteiger partial charge is 0.336 e. The van der Waals surface area contributed by atoms with Gasteiger partial charge in [0, 0.05) is 17.0 Å². The summed E-state index contributed by atoms with van der Waals surface area (Å²) >= 11 is 0. The van der Waals surface area contributed by atoms with E-state index in [1.54, 1.807) is 12.1 Å². The zero-order chi connectivity index (χ0) is 20.4. The lowest BCUT2D eigenvalue weighted by molar-refractivity contribution is -0.144. The van der Waals surface area contributed by atoms with Gasteiger partial charge in [-0.15, -0.1) is 0 Å². The van der Waals surface area contributed by atoms with Crippen LogP contribution in [0.1, 0.15) is 11.1 Å². The van der Waals surface area contributed by atoms with Crippen LogP contribution in [0, 0.1) is 5.82 Å². The van der Waals surface area contributed by atoms with Crippen LogP contribution in [0.15, 0.2) is 69.9 Å². The first-order valence-electron chi connectivity index (χ1n) is 8.97. The first-order valence-corrected chi connectivity index (χ1v) is 8.97. The molecule has 0 aliphatic rings. The zero-order valence-electron chi connectivity index (χ0n) is 15.6. The zero-order valence-corrected chi connectivity index (χ0v) is 15.6. The van der Waals surface area contributed by atoms with Crippen molar-refractivity contribution in [1.29, 1.82) is 0 Å². The van der Waals surface area contributed by atoms with Gasteiger partial charge in [-0.2, -0.15) is 0 Å². The van der Waals surface area contributed by atoms with E-state index in [4.69, 9.17) is 13.9 Å². The summed E-state index contributed by atoms with van der Waals surface area (Å²) in [6.45, 7) is -0.0897. The molecular weight excluding hydrogens is 375 g/mol. The Morgan fingerprint density at radius 2 is 1.90 bits per heavy atom. The van der Waals surface area contributed by atoms with E-state index in [0.29, 0.717) is 16.7 Å². The molecule has 0 aliphatic carbocycles. The number of methoxy groups -OCH3 is 1. The normalized spacial score (nSPS) is 11.0. The molecule has 1 heterocycles. The number of carbonyl (C=O) groups is 1. The Hall–Kier alpha value is -3.67. The van der Waals surface area contributed by atoms with Crippen LogP contribution in [0.4, 0.5) is 4.39 Å². The number of hydrogen-bond donors (Lipinski definition) is 0. The van der Waals surface area contributed by atoms with Crippen LogP contribution in [0.5, 0.6) is 5.75 Å². The third-order valence-corrected chi connectivity index (χ3v) is 4.67. The highest BCUT2D eigenvalue weighted by Gasteiger charge is 2.13. The summed E-state index contributed by atoms with van der Waals surface area (Å²) in [6, 6.07) is 16.9. The Balaban J connectivity index is 1.59. The van der Waals surface area contributed by atoms with E-state index in [-0.39, 0.29) is 18.8 Å². The summed E-state index contributed by atoms with van der Waals surface area (Å²) in [5.74, 6) is -0.969. The lowest BCUT2D eigenvalue weighted by Gasteiger charge is -2.10. The highest BCUT2D eigenvalue weighted by atomic mass is 19.1. The van der Waals surface area contributed by atoms with E-state index in [1.165, 1.54) is 25.3 Å². The molecule has 0 fully saturated rings. The molecule has 0 saturated carbocycles. The molecule has 0 radical (unpaired) electrons. The van der Waals surface area contributed by atoms with Gasteiger partial charge in [0.1, 0.15) is 12.2 Å². The van der Waals surface area contributed by atoms with Gasteiger partial charge in [0.25, 0.3) is 0 Å². The largest absolute Gasteiger partial charge is 0.494 e. The molecular formula is C23H17FO5. The summed E-state index contributed by atoms with van der Waals surface area (Å²) in [4.78, 5) is 24.2. The molecule has 29 heavy (non-hydrogen) atoms. The van der Waals surface area contributed by atoms with Gasteiger partial charge in [0.05, 0.1) is 13.5 Å². The Kier molecular flexibility index (Phi) is 4.99. The van der Waals surface area contributed by atoms with Gasteiger partial charge < -0.3 is 13.9 Å². The SMILES string of the molecule is COc1ccc(CC(=O)OCc2cc(=O)oc3ccc4ccccc4c23)cc1F. The van der Waals surface area contributed by atoms with Gasteiger partial charge in [0.15, 0.2) is 11.6 Å². The van der Waals surface area contributed by atoms with Crippen LogP contribution in [0.3, 0.4) is 0 Å². The Morgan fingerprint density at radius 3 is 2.69 bits per heavy atom. The van der Waals surface area contributed by atoms with Crippen LogP contribution in [0.2, 0.25) is 0 Å². The summed E-state index contributed by atoms with van der Waals surface area (Å²) < 4.78 is 29.3. The predicted molar refractivity (Wildman–Crippen MR) is 106 cm³/mol. The van der Waals surface area contributed by atoms with E-state index in [9.17, 15) is 14.0 Å². The summed E-state index contributed by atoms with van der Waals surface area (Å²) in [6.07, 6.45) is -0.0962. The van der Waals surface area contributed by atoms with Gasteiger partial charge in [-0.3, -0.25) is 4.79 Å². The molecule has 3 aromatic carbocycles. The molecule has 146 valence electrons. The second kappa shape index (κ2) is 7.75. The Morgan fingerprint density at radius 1 is 1.07 bits per heavy atom. The number of carbonyl (C=O) groups excluding carboxylic acids is 1. The van der Waals surface area contributed by atoms with Crippen molar-refractivity contribution in [3.8, 4) is 5.75 Å². The highest BCUT2D eigenvalue weighted by Crippen LogP contribution is 2.28. The van der Waals surface area contributed by atoms with Crippen LogP contribution in [-0.4, -0.2) is 13.1 Å². The van der Waals surface area contributed by atoms with Crippen molar-refractivity contribution >= 4 is 27.7 Å². The van der Waals surface area contributed by atoms with Gasteiger partial charge in [0.2, 0.25) is 0 Å². The van der Waals surface area contributed by atoms with E-state index in [0.717, 1.165) is 16.2 Å². The minimum atomic E-state index is -0.545. The van der Waals surface area contributed by atoms with E-state index in [2.05, 4.69) is 0 Å². The lowest BCUT2D eigenvalue weighted by Crippen LogP contribution is -2.10. The number of rotatable bonds is 5. The standard InChI is InChI=1S/C23H17FO5/c1-27-19-8-6-14(10-18(19)24)11-21(25)28-13-16-12-22(26)29-20-9-7-15-4-2-3-5-17(15)23(16)20/h2-10,12H,11,13H2,1H3. The number of benzene rings is 3. The fraction of sp³-hybridized carbons (Fsp3) is 0.130.